The molecule has 0 unspecified atom stereocenters. The Morgan fingerprint density at radius 2 is 1.82 bits per heavy atom. The molecule has 2 aromatic carbocycles. The molecule has 3 N–H and O–H groups in total. The van der Waals surface area contributed by atoms with E-state index in [4.69, 9.17) is 11.0 Å². The molecular weight excluding hydrogens is 210 g/mol. The van der Waals surface area contributed by atoms with E-state index in [1.165, 1.54) is 5.56 Å². The highest BCUT2D eigenvalue weighted by molar-refractivity contribution is 5.74. The van der Waals surface area contributed by atoms with Gasteiger partial charge in [0.1, 0.15) is 0 Å². The van der Waals surface area contributed by atoms with Gasteiger partial charge in [0, 0.05) is 5.69 Å². The van der Waals surface area contributed by atoms with Gasteiger partial charge in [-0.25, -0.2) is 0 Å². The molecule has 84 valence electrons. The Hall–Kier alpha value is -2.47. The Labute approximate surface area is 101 Å². The minimum atomic E-state index is 0.591. The predicted octanol–water partition coefficient (Wildman–Crippen LogP) is 3.19. The summed E-state index contributed by atoms with van der Waals surface area (Å²) in [5.74, 6) is 0. The molecule has 0 fully saturated rings. The maximum Gasteiger partial charge on any atom is 0.0992 e. The van der Waals surface area contributed by atoms with Crippen molar-refractivity contribution in [2.24, 2.45) is 0 Å². The van der Waals surface area contributed by atoms with Crippen molar-refractivity contribution in [2.75, 3.05) is 11.1 Å². The van der Waals surface area contributed by atoms with Crippen LogP contribution in [0.4, 0.5) is 17.1 Å². The zero-order valence-corrected chi connectivity index (χ0v) is 9.57. The zero-order chi connectivity index (χ0) is 12.3. The van der Waals surface area contributed by atoms with E-state index in [1.54, 1.807) is 18.2 Å². The van der Waals surface area contributed by atoms with Crippen LogP contribution in [-0.2, 0) is 0 Å². The van der Waals surface area contributed by atoms with Crippen LogP contribution in [0.2, 0.25) is 0 Å². The number of anilines is 3. The van der Waals surface area contributed by atoms with Crippen molar-refractivity contribution >= 4 is 17.1 Å². The van der Waals surface area contributed by atoms with Crippen LogP contribution in [0.3, 0.4) is 0 Å². The van der Waals surface area contributed by atoms with Crippen molar-refractivity contribution in [1.82, 2.24) is 0 Å². The van der Waals surface area contributed by atoms with E-state index < -0.39 is 0 Å². The summed E-state index contributed by atoms with van der Waals surface area (Å²) in [5, 5.41) is 12.0. The number of nitriles is 1. The van der Waals surface area contributed by atoms with Crippen LogP contribution in [0, 0.1) is 18.3 Å². The van der Waals surface area contributed by atoms with E-state index in [-0.39, 0.29) is 0 Å². The fourth-order valence-electron chi connectivity index (χ4n) is 1.53. The second-order valence-electron chi connectivity index (χ2n) is 3.90. The van der Waals surface area contributed by atoms with Gasteiger partial charge in [-0.05, 0) is 37.3 Å². The smallest absolute Gasteiger partial charge is 0.0992 e. The lowest BCUT2D eigenvalue weighted by Crippen LogP contribution is -1.96. The molecular formula is C14H13N3. The van der Waals surface area contributed by atoms with E-state index in [0.717, 1.165) is 11.4 Å². The third-order valence-corrected chi connectivity index (χ3v) is 2.51. The van der Waals surface area contributed by atoms with Crippen molar-refractivity contribution in [2.45, 2.75) is 6.92 Å². The summed E-state index contributed by atoms with van der Waals surface area (Å²) in [7, 11) is 0. The molecule has 17 heavy (non-hydrogen) atoms. The SMILES string of the molecule is Cc1ccc(Nc2cc(C#N)ccc2N)cc1. The molecule has 0 amide bonds. The summed E-state index contributed by atoms with van der Waals surface area (Å²) in [6, 6.07) is 15.3. The molecule has 3 heteroatoms. The van der Waals surface area contributed by atoms with E-state index in [2.05, 4.69) is 11.4 Å². The summed E-state index contributed by atoms with van der Waals surface area (Å²) in [4.78, 5) is 0. The Morgan fingerprint density at radius 3 is 2.47 bits per heavy atom. The van der Waals surface area contributed by atoms with Crippen LogP contribution < -0.4 is 11.1 Å². The lowest BCUT2D eigenvalue weighted by Gasteiger charge is -2.09. The Balaban J connectivity index is 2.29. The fraction of sp³-hybridized carbons (Fsp3) is 0.0714. The van der Waals surface area contributed by atoms with Crippen molar-refractivity contribution < 1.29 is 0 Å². The Bertz CT molecular complexity index is 565. The van der Waals surface area contributed by atoms with Crippen LogP contribution in [-0.4, -0.2) is 0 Å². The summed E-state index contributed by atoms with van der Waals surface area (Å²) in [6.07, 6.45) is 0. The second kappa shape index (κ2) is 4.58. The quantitative estimate of drug-likeness (QED) is 0.768. The van der Waals surface area contributed by atoms with Crippen LogP contribution >= 0.6 is 0 Å². The summed E-state index contributed by atoms with van der Waals surface area (Å²) in [5.41, 5.74) is 9.99. The monoisotopic (exact) mass is 223 g/mol. The van der Waals surface area contributed by atoms with Crippen LogP contribution in [0.5, 0.6) is 0 Å². The number of hydrogen-bond donors (Lipinski definition) is 2. The summed E-state index contributed by atoms with van der Waals surface area (Å²) >= 11 is 0. The second-order valence-corrected chi connectivity index (χ2v) is 3.90. The van der Waals surface area contributed by atoms with Gasteiger partial charge < -0.3 is 11.1 Å². The van der Waals surface area contributed by atoms with Gasteiger partial charge in [0.15, 0.2) is 0 Å². The third-order valence-electron chi connectivity index (χ3n) is 2.51. The molecule has 0 bridgehead atoms. The molecule has 0 radical (unpaired) electrons. The first-order valence-corrected chi connectivity index (χ1v) is 5.32. The molecule has 0 heterocycles. The van der Waals surface area contributed by atoms with Gasteiger partial charge >= 0.3 is 0 Å². The van der Waals surface area contributed by atoms with Gasteiger partial charge in [-0.15, -0.1) is 0 Å². The maximum absolute atomic E-state index is 8.84. The number of nitrogens with zero attached hydrogens (tertiary/aromatic N) is 1. The maximum atomic E-state index is 8.84. The zero-order valence-electron chi connectivity index (χ0n) is 9.57. The molecule has 0 aliphatic heterocycles. The van der Waals surface area contributed by atoms with Gasteiger partial charge in [0.2, 0.25) is 0 Å². The number of nitrogens with two attached hydrogens (primary N) is 1. The number of rotatable bonds is 2. The van der Waals surface area contributed by atoms with Gasteiger partial charge in [0.25, 0.3) is 0 Å². The Kier molecular flexibility index (Phi) is 2.97. The number of hydrogen-bond acceptors (Lipinski definition) is 3. The van der Waals surface area contributed by atoms with Gasteiger partial charge in [-0.3, -0.25) is 0 Å². The molecule has 0 spiro atoms. The van der Waals surface area contributed by atoms with Crippen LogP contribution in [0.1, 0.15) is 11.1 Å². The minimum Gasteiger partial charge on any atom is -0.397 e. The molecule has 0 aromatic heterocycles. The first kappa shape index (κ1) is 11.0. The highest BCUT2D eigenvalue weighted by Gasteiger charge is 2.01. The predicted molar refractivity (Wildman–Crippen MR) is 70.0 cm³/mol. The molecule has 3 nitrogen and oxygen atoms in total. The molecule has 0 saturated heterocycles. The average molecular weight is 223 g/mol. The number of nitrogen functional groups attached to an aromatic ring is 1. The lowest BCUT2D eigenvalue weighted by molar-refractivity contribution is 1.44. The lowest BCUT2D eigenvalue weighted by atomic mass is 10.1. The van der Waals surface area contributed by atoms with Crippen molar-refractivity contribution in [1.29, 1.82) is 5.26 Å². The van der Waals surface area contributed by atoms with Crippen molar-refractivity contribution in [3.05, 3.63) is 53.6 Å². The summed E-state index contributed by atoms with van der Waals surface area (Å²) in [6.45, 7) is 2.04. The van der Waals surface area contributed by atoms with E-state index >= 15 is 0 Å². The molecule has 0 aliphatic rings. The van der Waals surface area contributed by atoms with Gasteiger partial charge in [0.05, 0.1) is 23.0 Å². The molecule has 2 rings (SSSR count). The van der Waals surface area contributed by atoms with E-state index in [9.17, 15) is 0 Å². The van der Waals surface area contributed by atoms with Gasteiger partial charge in [-0.1, -0.05) is 17.7 Å². The molecule has 0 saturated carbocycles. The minimum absolute atomic E-state index is 0.591. The van der Waals surface area contributed by atoms with Crippen LogP contribution in [0.25, 0.3) is 0 Å². The van der Waals surface area contributed by atoms with Crippen LogP contribution in [0.15, 0.2) is 42.5 Å². The highest BCUT2D eigenvalue weighted by atomic mass is 14.9. The van der Waals surface area contributed by atoms with Crippen molar-refractivity contribution in [3.8, 4) is 6.07 Å². The topological polar surface area (TPSA) is 61.8 Å². The number of benzene rings is 2. The first-order valence-electron chi connectivity index (χ1n) is 5.32. The van der Waals surface area contributed by atoms with Gasteiger partial charge in [-0.2, -0.15) is 5.26 Å². The highest BCUT2D eigenvalue weighted by Crippen LogP contribution is 2.24. The van der Waals surface area contributed by atoms with E-state index in [0.29, 0.717) is 11.3 Å². The molecule has 0 aliphatic carbocycles. The van der Waals surface area contributed by atoms with Crippen molar-refractivity contribution in [3.63, 3.8) is 0 Å². The number of nitrogens with one attached hydrogen (secondary N) is 1. The third kappa shape index (κ3) is 2.56. The Morgan fingerprint density at radius 1 is 1.12 bits per heavy atom. The first-order chi connectivity index (χ1) is 8.19. The molecule has 0 atom stereocenters. The molecule has 2 aromatic rings. The fourth-order valence-corrected chi connectivity index (χ4v) is 1.53. The summed E-state index contributed by atoms with van der Waals surface area (Å²) < 4.78 is 0. The largest absolute Gasteiger partial charge is 0.397 e. The van der Waals surface area contributed by atoms with E-state index in [1.807, 2.05) is 31.2 Å². The normalized spacial score (nSPS) is 9.65. The standard InChI is InChI=1S/C14H13N3/c1-10-2-5-12(6-3-10)17-14-8-11(9-15)4-7-13(14)16/h2-8,17H,16H2,1H3. The average Bonchev–Trinajstić information content (AvgIpc) is 2.35. The number of aryl methyl sites for hydroxylation is 1.